The van der Waals surface area contributed by atoms with Crippen molar-refractivity contribution in [3.05, 3.63) is 59.2 Å². The summed E-state index contributed by atoms with van der Waals surface area (Å²) in [6, 6.07) is 11.7. The molecular formula is C23H29N3O5. The summed E-state index contributed by atoms with van der Waals surface area (Å²) in [7, 11) is 2.97. The van der Waals surface area contributed by atoms with Crippen LogP contribution in [-0.2, 0) is 15.9 Å². The number of esters is 1. The van der Waals surface area contributed by atoms with E-state index >= 15 is 0 Å². The second-order valence-corrected chi connectivity index (χ2v) is 8.10. The van der Waals surface area contributed by atoms with Gasteiger partial charge in [0.2, 0.25) is 0 Å². The van der Waals surface area contributed by atoms with Crippen LogP contribution in [0.15, 0.2) is 42.5 Å². The van der Waals surface area contributed by atoms with Crippen LogP contribution in [0.2, 0.25) is 0 Å². The van der Waals surface area contributed by atoms with Crippen molar-refractivity contribution in [2.75, 3.05) is 31.8 Å². The van der Waals surface area contributed by atoms with E-state index in [0.29, 0.717) is 18.7 Å². The molecule has 0 aliphatic rings. The summed E-state index contributed by atoms with van der Waals surface area (Å²) in [4.78, 5) is 37.6. The van der Waals surface area contributed by atoms with Gasteiger partial charge in [0.05, 0.1) is 18.2 Å². The number of hydrogen-bond donors (Lipinski definition) is 2. The standard InChI is InChI=1S/C23H29N3O5/c1-23(2,3)31-22(29)26(4)13-12-15-6-9-17(10-7-15)25-20(27)18-11-8-16(14-19(18)24)21(28)30-5/h6-11,14H,12-13,24H2,1-5H3,(H,25,27). The molecule has 3 N–H and O–H groups in total. The molecule has 0 saturated heterocycles. The van der Waals surface area contributed by atoms with Gasteiger partial charge in [-0.2, -0.15) is 0 Å². The summed E-state index contributed by atoms with van der Waals surface area (Å²) < 4.78 is 9.98. The van der Waals surface area contributed by atoms with Crippen molar-refractivity contribution in [1.29, 1.82) is 0 Å². The Morgan fingerprint density at radius 2 is 1.71 bits per heavy atom. The first kappa shape index (κ1) is 23.7. The van der Waals surface area contributed by atoms with Crippen LogP contribution in [0.4, 0.5) is 16.2 Å². The lowest BCUT2D eigenvalue weighted by Crippen LogP contribution is -2.35. The van der Waals surface area contributed by atoms with Gasteiger partial charge in [-0.1, -0.05) is 12.1 Å². The number of nitrogens with one attached hydrogen (secondary N) is 1. The summed E-state index contributed by atoms with van der Waals surface area (Å²) in [6.07, 6.45) is 0.276. The third-order valence-electron chi connectivity index (χ3n) is 4.37. The van der Waals surface area contributed by atoms with Crippen molar-refractivity contribution in [2.24, 2.45) is 0 Å². The van der Waals surface area contributed by atoms with E-state index in [-0.39, 0.29) is 28.8 Å². The molecule has 0 radical (unpaired) electrons. The smallest absolute Gasteiger partial charge is 0.410 e. The number of carbonyl (C=O) groups excluding carboxylic acids is 3. The Bertz CT molecular complexity index is 949. The predicted molar refractivity (Wildman–Crippen MR) is 119 cm³/mol. The minimum Gasteiger partial charge on any atom is -0.465 e. The monoisotopic (exact) mass is 427 g/mol. The number of ether oxygens (including phenoxy) is 2. The molecule has 31 heavy (non-hydrogen) atoms. The zero-order chi connectivity index (χ0) is 23.2. The fraction of sp³-hybridized carbons (Fsp3) is 0.348. The Hall–Kier alpha value is -3.55. The quantitative estimate of drug-likeness (QED) is 0.537. The minimum atomic E-state index is -0.534. The molecule has 0 spiro atoms. The van der Waals surface area contributed by atoms with Crippen LogP contribution in [0.25, 0.3) is 0 Å². The van der Waals surface area contributed by atoms with E-state index in [1.165, 1.54) is 30.2 Å². The van der Waals surface area contributed by atoms with Crippen LogP contribution >= 0.6 is 0 Å². The molecule has 0 atom stereocenters. The Morgan fingerprint density at radius 1 is 1.06 bits per heavy atom. The maximum absolute atomic E-state index is 12.5. The van der Waals surface area contributed by atoms with Crippen LogP contribution in [0.1, 0.15) is 47.1 Å². The molecule has 2 rings (SSSR count). The molecule has 8 nitrogen and oxygen atoms in total. The summed E-state index contributed by atoms with van der Waals surface area (Å²) in [5, 5.41) is 2.78. The minimum absolute atomic E-state index is 0.183. The van der Waals surface area contributed by atoms with Crippen molar-refractivity contribution in [1.82, 2.24) is 4.90 Å². The van der Waals surface area contributed by atoms with Crippen LogP contribution in [0, 0.1) is 0 Å². The van der Waals surface area contributed by atoms with Gasteiger partial charge < -0.3 is 25.4 Å². The zero-order valence-corrected chi connectivity index (χ0v) is 18.5. The van der Waals surface area contributed by atoms with Gasteiger partial charge in [0, 0.05) is 25.0 Å². The van der Waals surface area contributed by atoms with E-state index in [4.69, 9.17) is 10.5 Å². The van der Waals surface area contributed by atoms with E-state index in [0.717, 1.165) is 5.56 Å². The molecule has 0 bridgehead atoms. The lowest BCUT2D eigenvalue weighted by Gasteiger charge is -2.24. The highest BCUT2D eigenvalue weighted by atomic mass is 16.6. The second kappa shape index (κ2) is 9.97. The number of rotatable bonds is 6. The largest absolute Gasteiger partial charge is 0.465 e. The number of nitrogen functional groups attached to an aromatic ring is 1. The number of likely N-dealkylation sites (N-methyl/N-ethyl adjacent to an activating group) is 1. The number of anilines is 2. The van der Waals surface area contributed by atoms with E-state index in [9.17, 15) is 14.4 Å². The Labute approximate surface area is 182 Å². The zero-order valence-electron chi connectivity index (χ0n) is 18.5. The molecule has 2 amide bonds. The molecule has 0 aromatic heterocycles. The molecule has 2 aromatic carbocycles. The number of carbonyl (C=O) groups is 3. The number of amides is 2. The molecule has 0 fully saturated rings. The van der Waals surface area contributed by atoms with E-state index in [2.05, 4.69) is 10.1 Å². The normalized spacial score (nSPS) is 10.9. The van der Waals surface area contributed by atoms with Crippen LogP contribution in [0.3, 0.4) is 0 Å². The molecule has 0 saturated carbocycles. The van der Waals surface area contributed by atoms with Gasteiger partial charge in [-0.15, -0.1) is 0 Å². The summed E-state index contributed by atoms with van der Waals surface area (Å²) >= 11 is 0. The van der Waals surface area contributed by atoms with Gasteiger partial charge in [-0.25, -0.2) is 9.59 Å². The van der Waals surface area contributed by atoms with E-state index < -0.39 is 11.6 Å². The number of methoxy groups -OCH3 is 1. The fourth-order valence-corrected chi connectivity index (χ4v) is 2.70. The van der Waals surface area contributed by atoms with Gasteiger partial charge >= 0.3 is 12.1 Å². The third kappa shape index (κ3) is 7.02. The third-order valence-corrected chi connectivity index (χ3v) is 4.37. The van der Waals surface area contributed by atoms with Gasteiger partial charge in [0.15, 0.2) is 0 Å². The summed E-state index contributed by atoms with van der Waals surface area (Å²) in [5.41, 5.74) is 7.71. The van der Waals surface area contributed by atoms with Crippen molar-refractivity contribution in [3.63, 3.8) is 0 Å². The molecule has 166 valence electrons. The molecule has 8 heteroatoms. The number of nitrogens with two attached hydrogens (primary N) is 1. The molecule has 0 unspecified atom stereocenters. The van der Waals surface area contributed by atoms with Crippen LogP contribution in [0.5, 0.6) is 0 Å². The molecular weight excluding hydrogens is 398 g/mol. The Balaban J connectivity index is 1.94. The first-order valence-electron chi connectivity index (χ1n) is 9.82. The maximum Gasteiger partial charge on any atom is 0.410 e. The SMILES string of the molecule is COC(=O)c1ccc(C(=O)Nc2ccc(CCN(C)C(=O)OC(C)(C)C)cc2)c(N)c1. The fourth-order valence-electron chi connectivity index (χ4n) is 2.70. The summed E-state index contributed by atoms with van der Waals surface area (Å²) in [6.45, 7) is 5.98. The van der Waals surface area contributed by atoms with Crippen molar-refractivity contribution < 1.29 is 23.9 Å². The van der Waals surface area contributed by atoms with E-state index in [1.54, 1.807) is 19.2 Å². The van der Waals surface area contributed by atoms with Crippen molar-refractivity contribution in [2.45, 2.75) is 32.8 Å². The highest BCUT2D eigenvalue weighted by Gasteiger charge is 2.19. The van der Waals surface area contributed by atoms with Gasteiger partial charge in [-0.05, 0) is 63.1 Å². The average Bonchev–Trinajstić information content (AvgIpc) is 2.70. The number of benzene rings is 2. The Morgan fingerprint density at radius 3 is 2.26 bits per heavy atom. The van der Waals surface area contributed by atoms with Crippen LogP contribution < -0.4 is 11.1 Å². The van der Waals surface area contributed by atoms with Gasteiger partial charge in [-0.3, -0.25) is 4.79 Å². The topological polar surface area (TPSA) is 111 Å². The highest BCUT2D eigenvalue weighted by molar-refractivity contribution is 6.08. The van der Waals surface area contributed by atoms with Gasteiger partial charge in [0.25, 0.3) is 5.91 Å². The van der Waals surface area contributed by atoms with Crippen molar-refractivity contribution >= 4 is 29.3 Å². The van der Waals surface area contributed by atoms with E-state index in [1.807, 2.05) is 32.9 Å². The molecule has 2 aromatic rings. The number of hydrogen-bond acceptors (Lipinski definition) is 6. The van der Waals surface area contributed by atoms with Crippen LogP contribution in [-0.4, -0.2) is 49.2 Å². The van der Waals surface area contributed by atoms with Crippen molar-refractivity contribution in [3.8, 4) is 0 Å². The molecule has 0 aliphatic heterocycles. The lowest BCUT2D eigenvalue weighted by atomic mass is 10.1. The molecule has 0 heterocycles. The first-order valence-corrected chi connectivity index (χ1v) is 9.82. The average molecular weight is 428 g/mol. The lowest BCUT2D eigenvalue weighted by molar-refractivity contribution is 0.0300. The van der Waals surface area contributed by atoms with Gasteiger partial charge in [0.1, 0.15) is 5.60 Å². The predicted octanol–water partition coefficient (Wildman–Crippen LogP) is 3.72. The second-order valence-electron chi connectivity index (χ2n) is 8.10. The number of nitrogens with zero attached hydrogens (tertiary/aromatic N) is 1. The summed E-state index contributed by atoms with van der Waals surface area (Å²) in [5.74, 6) is -0.905. The molecule has 0 aliphatic carbocycles. The highest BCUT2D eigenvalue weighted by Crippen LogP contribution is 2.18. The maximum atomic E-state index is 12.5. The first-order chi connectivity index (χ1) is 14.5. The Kier molecular flexibility index (Phi) is 7.63.